The molecule has 2 aromatic carbocycles. The molecular weight excluding hydrogens is 467 g/mol. The van der Waals surface area contributed by atoms with Crippen LogP contribution >= 0.6 is 0 Å². The molecule has 0 radical (unpaired) electrons. The van der Waals surface area contributed by atoms with Crippen LogP contribution in [-0.2, 0) is 6.18 Å². The molecule has 1 N–H and O–H groups in total. The van der Waals surface area contributed by atoms with Crippen LogP contribution in [0.15, 0.2) is 30.3 Å². The van der Waals surface area contributed by atoms with E-state index < -0.39 is 11.7 Å². The summed E-state index contributed by atoms with van der Waals surface area (Å²) in [6.45, 7) is 6.07. The second-order valence-corrected chi connectivity index (χ2v) is 10.3. The number of aromatic nitrogens is 4. The topological polar surface area (TPSA) is 64.9 Å². The van der Waals surface area contributed by atoms with Gasteiger partial charge in [-0.05, 0) is 97.6 Å². The minimum absolute atomic E-state index is 0.0705. The van der Waals surface area contributed by atoms with E-state index in [-0.39, 0.29) is 29.2 Å². The van der Waals surface area contributed by atoms with Crippen LogP contribution in [0.5, 0.6) is 5.75 Å². The van der Waals surface area contributed by atoms with Gasteiger partial charge < -0.3 is 10.1 Å². The smallest absolute Gasteiger partial charge is 0.420 e. The highest BCUT2D eigenvalue weighted by molar-refractivity contribution is 5.89. The Balaban J connectivity index is 1.45. The Hall–Kier alpha value is -2.68. The minimum atomic E-state index is -4.51. The fourth-order valence-electron chi connectivity index (χ4n) is 5.60. The van der Waals surface area contributed by atoms with Crippen molar-refractivity contribution >= 4 is 10.8 Å². The van der Waals surface area contributed by atoms with Crippen LogP contribution in [0.3, 0.4) is 0 Å². The van der Waals surface area contributed by atoms with Gasteiger partial charge in [0.1, 0.15) is 11.3 Å². The maximum absolute atomic E-state index is 14.2. The molecule has 1 aromatic heterocycles. The zero-order valence-corrected chi connectivity index (χ0v) is 20.9. The Morgan fingerprint density at radius 3 is 2.50 bits per heavy atom. The number of hydrogen-bond donors (Lipinski definition) is 1. The highest BCUT2D eigenvalue weighted by Gasteiger charge is 2.37. The van der Waals surface area contributed by atoms with E-state index in [2.05, 4.69) is 27.7 Å². The average molecular weight is 502 g/mol. The summed E-state index contributed by atoms with van der Waals surface area (Å²) in [5.74, 6) is 1.56. The molecule has 2 heterocycles. The number of fused-ring (bicyclic) bond motifs is 1. The lowest BCUT2D eigenvalue weighted by Crippen LogP contribution is -2.27. The maximum atomic E-state index is 14.2. The molecule has 0 amide bonds. The van der Waals surface area contributed by atoms with Gasteiger partial charge in [0.15, 0.2) is 5.82 Å². The Kier molecular flexibility index (Phi) is 7.19. The molecule has 2 fully saturated rings. The van der Waals surface area contributed by atoms with Gasteiger partial charge in [-0.3, -0.25) is 0 Å². The molecule has 1 saturated carbocycles. The molecule has 1 saturated heterocycles. The molecule has 0 bridgehead atoms. The number of piperidine rings is 1. The predicted octanol–water partition coefficient (Wildman–Crippen LogP) is 6.27. The molecule has 1 aliphatic carbocycles. The molecule has 2 aliphatic rings. The summed E-state index contributed by atoms with van der Waals surface area (Å²) in [5.41, 5.74) is 0.174. The first-order valence-corrected chi connectivity index (χ1v) is 13.1. The number of hydrogen-bond acceptors (Lipinski definition) is 5. The number of nitrogens with one attached hydrogen (secondary N) is 1. The van der Waals surface area contributed by atoms with Crippen LogP contribution in [0, 0.1) is 5.92 Å². The second-order valence-electron chi connectivity index (χ2n) is 10.3. The van der Waals surface area contributed by atoms with E-state index in [4.69, 9.17) is 4.74 Å². The summed E-state index contributed by atoms with van der Waals surface area (Å²) in [4.78, 5) is 1.62. The summed E-state index contributed by atoms with van der Waals surface area (Å²) in [6, 6.07) is 8.15. The van der Waals surface area contributed by atoms with Gasteiger partial charge in [-0.2, -0.15) is 18.0 Å². The van der Waals surface area contributed by atoms with Gasteiger partial charge in [0, 0.05) is 5.92 Å². The van der Waals surface area contributed by atoms with E-state index in [1.165, 1.54) is 6.07 Å². The number of halogens is 3. The van der Waals surface area contributed by atoms with Gasteiger partial charge in [-0.15, -0.1) is 10.2 Å². The van der Waals surface area contributed by atoms with Crippen molar-refractivity contribution in [3.8, 4) is 5.75 Å². The number of nitrogens with zero attached hydrogens (tertiary/aromatic N) is 4. The summed E-state index contributed by atoms with van der Waals surface area (Å²) in [6.07, 6.45) is 1.51. The third kappa shape index (κ3) is 5.21. The lowest BCUT2D eigenvalue weighted by Gasteiger charge is -2.28. The predicted molar refractivity (Wildman–Crippen MR) is 132 cm³/mol. The van der Waals surface area contributed by atoms with Crippen molar-refractivity contribution in [2.75, 3.05) is 13.1 Å². The molecule has 1 unspecified atom stereocenters. The van der Waals surface area contributed by atoms with E-state index in [0.717, 1.165) is 63.0 Å². The van der Waals surface area contributed by atoms with E-state index in [9.17, 15) is 13.2 Å². The Morgan fingerprint density at radius 2 is 1.81 bits per heavy atom. The first-order valence-electron chi connectivity index (χ1n) is 13.1. The molecule has 5 rings (SSSR count). The summed E-state index contributed by atoms with van der Waals surface area (Å²) < 4.78 is 48.7. The number of ether oxygens (including phenoxy) is 1. The standard InChI is InChI=1S/C27H34F3N5O/c1-3-23(35-33-26(32-34-35)18-12-14-31-15-13-18)20-6-10-22-19(16-20)7-11-24(25(22)27(28,29)30)36-21-8-4-17(2)5-9-21/h6-7,10-11,16-18,21,23,31H,3-5,8-9,12-15H2,1-2H3/t17-,21+,23?. The van der Waals surface area contributed by atoms with Crippen LogP contribution in [0.25, 0.3) is 10.8 Å². The second kappa shape index (κ2) is 10.4. The normalized spacial score (nSPS) is 22.6. The lowest BCUT2D eigenvalue weighted by atomic mass is 9.89. The third-order valence-electron chi connectivity index (χ3n) is 7.74. The van der Waals surface area contributed by atoms with Gasteiger partial charge in [-0.25, -0.2) is 0 Å². The fraction of sp³-hybridized carbons (Fsp3) is 0.593. The first kappa shape index (κ1) is 25.0. The molecule has 36 heavy (non-hydrogen) atoms. The Labute approximate surface area is 209 Å². The van der Waals surface area contributed by atoms with E-state index in [1.54, 1.807) is 23.0 Å². The van der Waals surface area contributed by atoms with E-state index >= 15 is 0 Å². The lowest BCUT2D eigenvalue weighted by molar-refractivity contribution is -0.138. The van der Waals surface area contributed by atoms with Crippen LogP contribution in [-0.4, -0.2) is 39.4 Å². The highest BCUT2D eigenvalue weighted by Crippen LogP contribution is 2.43. The van der Waals surface area contributed by atoms with Crippen LogP contribution in [0.4, 0.5) is 13.2 Å². The number of rotatable bonds is 6. The zero-order chi connectivity index (χ0) is 25.3. The van der Waals surface area contributed by atoms with Gasteiger partial charge in [0.25, 0.3) is 0 Å². The van der Waals surface area contributed by atoms with Crippen molar-refractivity contribution in [3.05, 3.63) is 47.3 Å². The molecule has 1 aliphatic heterocycles. The largest absolute Gasteiger partial charge is 0.490 e. The van der Waals surface area contributed by atoms with Crippen molar-refractivity contribution in [3.63, 3.8) is 0 Å². The maximum Gasteiger partial charge on any atom is 0.420 e. The monoisotopic (exact) mass is 501 g/mol. The third-order valence-corrected chi connectivity index (χ3v) is 7.74. The quantitative estimate of drug-likeness (QED) is 0.431. The average Bonchev–Trinajstić information content (AvgIpc) is 3.35. The zero-order valence-electron chi connectivity index (χ0n) is 20.9. The Morgan fingerprint density at radius 1 is 1.06 bits per heavy atom. The summed E-state index contributed by atoms with van der Waals surface area (Å²) in [7, 11) is 0. The van der Waals surface area contributed by atoms with Crippen LogP contribution in [0.1, 0.15) is 87.7 Å². The van der Waals surface area contributed by atoms with Gasteiger partial charge in [-0.1, -0.05) is 32.0 Å². The SMILES string of the molecule is CCC(c1ccc2c(C(F)(F)F)c(O[C@H]3CC[C@@H](C)CC3)ccc2c1)n1nnc(C2CCNCC2)n1. The Bertz CT molecular complexity index is 1180. The van der Waals surface area contributed by atoms with Crippen molar-refractivity contribution < 1.29 is 17.9 Å². The molecule has 0 spiro atoms. The van der Waals surface area contributed by atoms with E-state index in [0.29, 0.717) is 17.7 Å². The highest BCUT2D eigenvalue weighted by atomic mass is 19.4. The van der Waals surface area contributed by atoms with Crippen LogP contribution in [0.2, 0.25) is 0 Å². The molecule has 9 heteroatoms. The first-order chi connectivity index (χ1) is 17.3. The molecule has 194 valence electrons. The van der Waals surface area contributed by atoms with Crippen molar-refractivity contribution in [2.45, 2.75) is 83.0 Å². The number of tetrazole rings is 1. The van der Waals surface area contributed by atoms with E-state index in [1.807, 2.05) is 13.0 Å². The van der Waals surface area contributed by atoms with Crippen LogP contribution < -0.4 is 10.1 Å². The van der Waals surface area contributed by atoms with Gasteiger partial charge in [0.2, 0.25) is 0 Å². The van der Waals surface area contributed by atoms with Crippen molar-refractivity contribution in [1.82, 2.24) is 25.5 Å². The molecule has 1 atom stereocenters. The van der Waals surface area contributed by atoms with Gasteiger partial charge >= 0.3 is 6.18 Å². The molecule has 6 nitrogen and oxygen atoms in total. The number of alkyl halides is 3. The summed E-state index contributed by atoms with van der Waals surface area (Å²) >= 11 is 0. The molecular formula is C27H34F3N5O. The summed E-state index contributed by atoms with van der Waals surface area (Å²) in [5, 5.41) is 17.3. The fourth-order valence-corrected chi connectivity index (χ4v) is 5.60. The van der Waals surface area contributed by atoms with Gasteiger partial charge in [0.05, 0.1) is 12.1 Å². The molecule has 3 aromatic rings. The minimum Gasteiger partial charge on any atom is -0.490 e. The van der Waals surface area contributed by atoms with Crippen molar-refractivity contribution in [1.29, 1.82) is 0 Å². The number of benzene rings is 2. The van der Waals surface area contributed by atoms with Crippen molar-refractivity contribution in [2.24, 2.45) is 5.92 Å².